The number of benzene rings is 3. The van der Waals surface area contributed by atoms with E-state index in [2.05, 4.69) is 20.0 Å². The Bertz CT molecular complexity index is 1620. The smallest absolute Gasteiger partial charge is 0.263 e. The molecule has 0 aliphatic carbocycles. The number of rotatable bonds is 9. The highest BCUT2D eigenvalue weighted by Crippen LogP contribution is 2.32. The summed E-state index contributed by atoms with van der Waals surface area (Å²) in [5.41, 5.74) is 7.81. The zero-order chi connectivity index (χ0) is 27.6. The molecular weight excluding hydrogens is 520 g/mol. The monoisotopic (exact) mass is 548 g/mol. The van der Waals surface area contributed by atoms with Crippen molar-refractivity contribution in [1.29, 1.82) is 0 Å². The molecule has 3 aromatic carbocycles. The number of nitrogens with two attached hydrogens (primary N) is 1. The molecule has 1 amide bonds. The number of aromatic nitrogens is 2. The van der Waals surface area contributed by atoms with Crippen LogP contribution in [0.15, 0.2) is 71.6 Å². The number of anilines is 4. The van der Waals surface area contributed by atoms with Crippen molar-refractivity contribution in [2.75, 3.05) is 35.7 Å². The van der Waals surface area contributed by atoms with Gasteiger partial charge in [-0.3, -0.25) is 9.52 Å². The molecule has 1 aliphatic heterocycles. The van der Waals surface area contributed by atoms with Gasteiger partial charge < -0.3 is 25.4 Å². The van der Waals surface area contributed by atoms with Crippen LogP contribution in [-0.4, -0.2) is 51.1 Å². The third kappa shape index (κ3) is 5.50. The Morgan fingerprint density at radius 3 is 2.26 bits per heavy atom. The number of methoxy groups -OCH3 is 2. The van der Waals surface area contributed by atoms with Crippen molar-refractivity contribution in [1.82, 2.24) is 9.97 Å². The molecule has 39 heavy (non-hydrogen) atoms. The van der Waals surface area contributed by atoms with Gasteiger partial charge in [0.1, 0.15) is 17.5 Å². The maximum Gasteiger partial charge on any atom is 0.263 e. The summed E-state index contributed by atoms with van der Waals surface area (Å²) in [6.07, 6.45) is 1.42. The van der Waals surface area contributed by atoms with Crippen LogP contribution in [0.4, 0.5) is 23.0 Å². The van der Waals surface area contributed by atoms with E-state index in [4.69, 9.17) is 15.2 Å². The highest BCUT2D eigenvalue weighted by atomic mass is 32.2. The van der Waals surface area contributed by atoms with Crippen LogP contribution in [0.1, 0.15) is 12.8 Å². The lowest BCUT2D eigenvalue weighted by atomic mass is 10.2. The van der Waals surface area contributed by atoms with Gasteiger partial charge in [0.05, 0.1) is 30.1 Å². The number of fused-ring (bicyclic) bond motifs is 1. The first-order chi connectivity index (χ1) is 18.8. The van der Waals surface area contributed by atoms with E-state index in [0.29, 0.717) is 46.9 Å². The van der Waals surface area contributed by atoms with E-state index in [9.17, 15) is 13.2 Å². The zero-order valence-electron chi connectivity index (χ0n) is 21.4. The van der Waals surface area contributed by atoms with Gasteiger partial charge in [-0.2, -0.15) is 0 Å². The van der Waals surface area contributed by atoms with Crippen molar-refractivity contribution in [3.63, 3.8) is 0 Å². The van der Waals surface area contributed by atoms with Gasteiger partial charge in [0.25, 0.3) is 10.0 Å². The molecule has 4 N–H and O–H groups in total. The average Bonchev–Trinajstić information content (AvgIpc) is 3.44. The minimum atomic E-state index is -4.10. The first kappa shape index (κ1) is 26.0. The molecule has 5 rings (SSSR count). The predicted molar refractivity (Wildman–Crippen MR) is 149 cm³/mol. The molecule has 4 aromatic rings. The average molecular weight is 549 g/mol. The summed E-state index contributed by atoms with van der Waals surface area (Å²) >= 11 is 0. The van der Waals surface area contributed by atoms with Gasteiger partial charge in [-0.1, -0.05) is 18.2 Å². The number of ether oxygens (including phenoxy) is 2. The standard InChI is InChI=1S/C27H28N6O5S/c1-37-19-13-17(14-20(16-19)38-2)29-26-27(31-23-10-4-3-9-22(23)30-26)32-39(35,36)21-8-5-7-18(15-21)33-12-6-11-24(33)25(28)34/h3-5,7-10,13-16,24H,6,11-12H2,1-2H3,(H2,28,34)(H,29,30)(H,31,32). The van der Waals surface area contributed by atoms with Gasteiger partial charge in [-0.25, -0.2) is 18.4 Å². The van der Waals surface area contributed by atoms with Gasteiger partial charge in [-0.05, 0) is 43.2 Å². The number of carbonyl (C=O) groups excluding carboxylic acids is 1. The highest BCUT2D eigenvalue weighted by molar-refractivity contribution is 7.92. The molecule has 1 unspecified atom stereocenters. The molecule has 1 aromatic heterocycles. The van der Waals surface area contributed by atoms with Crippen LogP contribution in [0.2, 0.25) is 0 Å². The number of amides is 1. The minimum absolute atomic E-state index is 0.0112. The Hall–Kier alpha value is -4.58. The first-order valence-electron chi connectivity index (χ1n) is 12.2. The number of hydrogen-bond donors (Lipinski definition) is 3. The molecule has 1 fully saturated rings. The normalized spacial score (nSPS) is 15.2. The third-order valence-electron chi connectivity index (χ3n) is 6.46. The summed E-state index contributed by atoms with van der Waals surface area (Å²) in [5, 5.41) is 3.14. The van der Waals surface area contributed by atoms with Crippen molar-refractivity contribution in [2.45, 2.75) is 23.8 Å². The molecule has 0 saturated carbocycles. The highest BCUT2D eigenvalue weighted by Gasteiger charge is 2.30. The van der Waals surface area contributed by atoms with E-state index in [-0.39, 0.29) is 16.5 Å². The van der Waals surface area contributed by atoms with Crippen LogP contribution in [0.5, 0.6) is 11.5 Å². The summed E-state index contributed by atoms with van der Waals surface area (Å²) < 4.78 is 40.4. The van der Waals surface area contributed by atoms with Crippen molar-refractivity contribution >= 4 is 50.0 Å². The van der Waals surface area contributed by atoms with E-state index in [0.717, 1.165) is 6.42 Å². The molecular formula is C27H28N6O5S. The summed E-state index contributed by atoms with van der Waals surface area (Å²) in [4.78, 5) is 22.9. The zero-order valence-corrected chi connectivity index (χ0v) is 22.2. The quantitative estimate of drug-likeness (QED) is 0.285. The van der Waals surface area contributed by atoms with Crippen LogP contribution in [0.3, 0.4) is 0 Å². The van der Waals surface area contributed by atoms with E-state index >= 15 is 0 Å². The number of para-hydroxylation sites is 2. The molecule has 12 heteroatoms. The molecule has 11 nitrogen and oxygen atoms in total. The number of primary amides is 1. The van der Waals surface area contributed by atoms with Crippen LogP contribution in [-0.2, 0) is 14.8 Å². The molecule has 1 atom stereocenters. The molecule has 202 valence electrons. The Balaban J connectivity index is 1.52. The predicted octanol–water partition coefficient (Wildman–Crippen LogP) is 3.65. The SMILES string of the molecule is COc1cc(Nc2nc3ccccc3nc2NS(=O)(=O)c2cccc(N3CCCC3C(N)=O)c2)cc(OC)c1. The number of carbonyl (C=O) groups is 1. The van der Waals surface area contributed by atoms with E-state index in [1.165, 1.54) is 26.4 Å². The van der Waals surface area contributed by atoms with Gasteiger partial charge >= 0.3 is 0 Å². The van der Waals surface area contributed by atoms with Crippen LogP contribution in [0, 0.1) is 0 Å². The van der Waals surface area contributed by atoms with Gasteiger partial charge in [0, 0.05) is 36.1 Å². The second kappa shape index (κ2) is 10.7. The van der Waals surface area contributed by atoms with Crippen molar-refractivity contribution in [3.05, 3.63) is 66.7 Å². The summed E-state index contributed by atoms with van der Waals surface area (Å²) in [6, 6.07) is 18.3. The fourth-order valence-electron chi connectivity index (χ4n) is 4.56. The van der Waals surface area contributed by atoms with Gasteiger partial charge in [-0.15, -0.1) is 0 Å². The fraction of sp³-hybridized carbons (Fsp3) is 0.222. The van der Waals surface area contributed by atoms with E-state index in [1.54, 1.807) is 48.5 Å². The largest absolute Gasteiger partial charge is 0.497 e. The molecule has 1 saturated heterocycles. The van der Waals surface area contributed by atoms with E-state index in [1.807, 2.05) is 11.0 Å². The Morgan fingerprint density at radius 2 is 1.62 bits per heavy atom. The van der Waals surface area contributed by atoms with E-state index < -0.39 is 22.0 Å². The first-order valence-corrected chi connectivity index (χ1v) is 13.7. The molecule has 0 spiro atoms. The Morgan fingerprint density at radius 1 is 0.949 bits per heavy atom. The van der Waals surface area contributed by atoms with Crippen LogP contribution in [0.25, 0.3) is 11.0 Å². The second-order valence-electron chi connectivity index (χ2n) is 8.99. The molecule has 0 radical (unpaired) electrons. The fourth-order valence-corrected chi connectivity index (χ4v) is 5.61. The number of hydrogen-bond acceptors (Lipinski definition) is 9. The van der Waals surface area contributed by atoms with Gasteiger partial charge in [0.15, 0.2) is 11.6 Å². The summed E-state index contributed by atoms with van der Waals surface area (Å²) in [5.74, 6) is 0.853. The number of sulfonamides is 1. The lowest BCUT2D eigenvalue weighted by Crippen LogP contribution is -2.40. The van der Waals surface area contributed by atoms with Crippen molar-refractivity contribution in [3.8, 4) is 11.5 Å². The minimum Gasteiger partial charge on any atom is -0.497 e. The molecule has 1 aliphatic rings. The van der Waals surface area contributed by atoms with Crippen molar-refractivity contribution in [2.24, 2.45) is 5.73 Å². The summed E-state index contributed by atoms with van der Waals surface area (Å²) in [6.45, 7) is 0.610. The Kier molecular flexibility index (Phi) is 7.11. The maximum atomic E-state index is 13.6. The summed E-state index contributed by atoms with van der Waals surface area (Å²) in [7, 11) is -1.02. The lowest BCUT2D eigenvalue weighted by molar-refractivity contribution is -0.119. The van der Waals surface area contributed by atoms with Crippen LogP contribution < -0.4 is 30.1 Å². The van der Waals surface area contributed by atoms with Crippen LogP contribution >= 0.6 is 0 Å². The maximum absolute atomic E-state index is 13.6. The topological polar surface area (TPSA) is 149 Å². The second-order valence-corrected chi connectivity index (χ2v) is 10.7. The Labute approximate surface area is 226 Å². The number of nitrogens with one attached hydrogen (secondary N) is 2. The van der Waals surface area contributed by atoms with Gasteiger partial charge in [0.2, 0.25) is 5.91 Å². The molecule has 2 heterocycles. The lowest BCUT2D eigenvalue weighted by Gasteiger charge is -2.24. The third-order valence-corrected chi connectivity index (χ3v) is 7.79. The van der Waals surface area contributed by atoms with Crippen molar-refractivity contribution < 1.29 is 22.7 Å². The number of nitrogens with zero attached hydrogens (tertiary/aromatic N) is 3. The molecule has 0 bridgehead atoms.